The summed E-state index contributed by atoms with van der Waals surface area (Å²) in [7, 11) is 0. The molecule has 4 aromatic rings. The number of H-pyrrole nitrogens is 2. The van der Waals surface area contributed by atoms with Crippen LogP contribution in [-0.4, -0.2) is 20.7 Å². The second-order valence-corrected chi connectivity index (χ2v) is 6.37. The highest BCUT2D eigenvalue weighted by atomic mass is 16.1. The highest BCUT2D eigenvalue weighted by Crippen LogP contribution is 2.30. The molecule has 5 nitrogen and oxygen atoms in total. The largest absolute Gasteiger partial charge is 0.361 e. The Labute approximate surface area is 144 Å². The number of rotatable bonds is 2. The number of nitriles is 1. The second kappa shape index (κ2) is 5.32. The lowest BCUT2D eigenvalue weighted by Gasteiger charge is -2.09. The van der Waals surface area contributed by atoms with E-state index in [2.05, 4.69) is 21.0 Å². The van der Waals surface area contributed by atoms with E-state index < -0.39 is 0 Å². The molecule has 0 bridgehead atoms. The molecule has 0 unspecified atom stereocenters. The van der Waals surface area contributed by atoms with Crippen LogP contribution in [0.4, 0.5) is 0 Å². The summed E-state index contributed by atoms with van der Waals surface area (Å²) in [5.41, 5.74) is 6.62. The summed E-state index contributed by atoms with van der Waals surface area (Å²) in [4.78, 5) is 23.9. The third kappa shape index (κ3) is 2.23. The molecule has 4 rings (SSSR count). The molecule has 2 aromatic carbocycles. The molecule has 0 saturated heterocycles. The van der Waals surface area contributed by atoms with E-state index in [0.29, 0.717) is 28.0 Å². The molecule has 0 saturated carbocycles. The summed E-state index contributed by atoms with van der Waals surface area (Å²) in [6.07, 6.45) is 1.92. The van der Waals surface area contributed by atoms with Crippen LogP contribution < -0.4 is 0 Å². The maximum atomic E-state index is 13.2. The summed E-state index contributed by atoms with van der Waals surface area (Å²) in [6.45, 7) is 5.97. The summed E-state index contributed by atoms with van der Waals surface area (Å²) in [5.74, 6) is 0.152. The van der Waals surface area contributed by atoms with Gasteiger partial charge in [-0.2, -0.15) is 5.26 Å². The Bertz CT molecular complexity index is 1200. The molecule has 2 N–H and O–H groups in total. The standard InChI is InChI=1S/C20H16N4O/c1-10-6-11(2)18-16(12(3)9-22-18)17(10)19(25)20-23-14-5-4-13(8-21)7-15(14)24-20/h4-7,9,22H,1-3H3,(H,23,24). The summed E-state index contributed by atoms with van der Waals surface area (Å²) in [5, 5.41) is 9.97. The van der Waals surface area contributed by atoms with Crippen LogP contribution in [0.3, 0.4) is 0 Å². The molecule has 0 fully saturated rings. The zero-order valence-electron chi connectivity index (χ0n) is 14.2. The molecular weight excluding hydrogens is 312 g/mol. The van der Waals surface area contributed by atoms with Crippen LogP contribution in [0.5, 0.6) is 0 Å². The number of hydrogen-bond donors (Lipinski definition) is 2. The van der Waals surface area contributed by atoms with Crippen LogP contribution in [0.1, 0.15) is 38.4 Å². The molecule has 0 aliphatic rings. The fourth-order valence-corrected chi connectivity index (χ4v) is 3.42. The number of carbonyl (C=O) groups excluding carboxylic acids is 1. The van der Waals surface area contributed by atoms with Crippen molar-refractivity contribution >= 4 is 27.7 Å². The van der Waals surface area contributed by atoms with Gasteiger partial charge in [-0.25, -0.2) is 4.98 Å². The van der Waals surface area contributed by atoms with Crippen molar-refractivity contribution in [2.75, 3.05) is 0 Å². The molecule has 122 valence electrons. The Morgan fingerprint density at radius 2 is 1.92 bits per heavy atom. The maximum absolute atomic E-state index is 13.2. The Balaban J connectivity index is 1.94. The monoisotopic (exact) mass is 328 g/mol. The summed E-state index contributed by atoms with van der Waals surface area (Å²) < 4.78 is 0. The van der Waals surface area contributed by atoms with E-state index in [-0.39, 0.29) is 5.78 Å². The number of aromatic amines is 2. The Hall–Kier alpha value is -3.39. The van der Waals surface area contributed by atoms with Crippen LogP contribution in [0, 0.1) is 32.1 Å². The van der Waals surface area contributed by atoms with Gasteiger partial charge in [0, 0.05) is 22.7 Å². The van der Waals surface area contributed by atoms with Gasteiger partial charge in [-0.3, -0.25) is 4.79 Å². The number of imidazole rings is 1. The van der Waals surface area contributed by atoms with Crippen molar-refractivity contribution in [2.45, 2.75) is 20.8 Å². The molecule has 0 atom stereocenters. The molecule has 25 heavy (non-hydrogen) atoms. The minimum absolute atomic E-state index is 0.139. The van der Waals surface area contributed by atoms with Gasteiger partial charge in [0.2, 0.25) is 5.78 Å². The quantitative estimate of drug-likeness (QED) is 0.544. The van der Waals surface area contributed by atoms with Crippen molar-refractivity contribution < 1.29 is 4.79 Å². The van der Waals surface area contributed by atoms with E-state index in [9.17, 15) is 4.79 Å². The molecule has 2 heterocycles. The number of aromatic nitrogens is 3. The summed E-state index contributed by atoms with van der Waals surface area (Å²) in [6, 6.07) is 9.27. The van der Waals surface area contributed by atoms with E-state index in [4.69, 9.17) is 5.26 Å². The number of aryl methyl sites for hydroxylation is 3. The van der Waals surface area contributed by atoms with Crippen LogP contribution >= 0.6 is 0 Å². The van der Waals surface area contributed by atoms with Crippen LogP contribution in [0.15, 0.2) is 30.5 Å². The topological polar surface area (TPSA) is 85.3 Å². The Kier molecular flexibility index (Phi) is 3.22. The van der Waals surface area contributed by atoms with Crippen molar-refractivity contribution in [3.8, 4) is 6.07 Å². The minimum Gasteiger partial charge on any atom is -0.361 e. The van der Waals surface area contributed by atoms with Gasteiger partial charge in [-0.1, -0.05) is 6.07 Å². The lowest BCUT2D eigenvalue weighted by atomic mass is 9.95. The number of fused-ring (bicyclic) bond motifs is 2. The Morgan fingerprint density at radius 1 is 1.12 bits per heavy atom. The highest BCUT2D eigenvalue weighted by molar-refractivity contribution is 6.17. The normalized spacial score (nSPS) is 11.1. The first-order chi connectivity index (χ1) is 12.0. The average Bonchev–Trinajstić information content (AvgIpc) is 3.18. The van der Waals surface area contributed by atoms with Crippen molar-refractivity contribution in [3.63, 3.8) is 0 Å². The predicted molar refractivity (Wildman–Crippen MR) is 96.8 cm³/mol. The second-order valence-electron chi connectivity index (χ2n) is 6.37. The molecule has 5 heteroatoms. The predicted octanol–water partition coefficient (Wildman–Crippen LogP) is 4.07. The maximum Gasteiger partial charge on any atom is 0.229 e. The molecule has 0 aliphatic heterocycles. The first-order valence-electron chi connectivity index (χ1n) is 8.02. The van der Waals surface area contributed by atoms with Crippen LogP contribution in [0.2, 0.25) is 0 Å². The van der Waals surface area contributed by atoms with Gasteiger partial charge in [-0.05, 0) is 55.7 Å². The van der Waals surface area contributed by atoms with Gasteiger partial charge in [0.25, 0.3) is 0 Å². The summed E-state index contributed by atoms with van der Waals surface area (Å²) >= 11 is 0. The van der Waals surface area contributed by atoms with Gasteiger partial charge in [0.05, 0.1) is 22.7 Å². The molecular formula is C20H16N4O. The number of nitrogens with one attached hydrogen (secondary N) is 2. The van der Waals surface area contributed by atoms with Crippen molar-refractivity contribution in [1.29, 1.82) is 5.26 Å². The first kappa shape index (κ1) is 15.2. The minimum atomic E-state index is -0.139. The smallest absolute Gasteiger partial charge is 0.229 e. The Morgan fingerprint density at radius 3 is 2.68 bits per heavy atom. The van der Waals surface area contributed by atoms with Crippen molar-refractivity contribution in [1.82, 2.24) is 15.0 Å². The molecule has 0 radical (unpaired) electrons. The zero-order valence-corrected chi connectivity index (χ0v) is 14.2. The third-order valence-electron chi connectivity index (χ3n) is 4.60. The number of nitrogens with zero attached hydrogens (tertiary/aromatic N) is 2. The lowest BCUT2D eigenvalue weighted by molar-refractivity contribution is 0.103. The van der Waals surface area contributed by atoms with Gasteiger partial charge in [-0.15, -0.1) is 0 Å². The first-order valence-corrected chi connectivity index (χ1v) is 8.02. The van der Waals surface area contributed by atoms with Gasteiger partial charge < -0.3 is 9.97 Å². The third-order valence-corrected chi connectivity index (χ3v) is 4.60. The molecule has 0 aliphatic carbocycles. The number of benzene rings is 2. The number of ketones is 1. The SMILES string of the molecule is Cc1cc(C)c2[nH]cc(C)c2c1C(=O)c1nc2ccc(C#N)cc2[nH]1. The van der Waals surface area contributed by atoms with Crippen molar-refractivity contribution in [2.24, 2.45) is 0 Å². The van der Waals surface area contributed by atoms with E-state index >= 15 is 0 Å². The molecule has 2 aromatic heterocycles. The van der Waals surface area contributed by atoms with E-state index in [1.54, 1.807) is 18.2 Å². The van der Waals surface area contributed by atoms with Crippen LogP contribution in [0.25, 0.3) is 21.9 Å². The average molecular weight is 328 g/mol. The number of hydrogen-bond acceptors (Lipinski definition) is 3. The molecule has 0 amide bonds. The van der Waals surface area contributed by atoms with E-state index in [0.717, 1.165) is 27.6 Å². The lowest BCUT2D eigenvalue weighted by Crippen LogP contribution is -2.07. The van der Waals surface area contributed by atoms with Crippen LogP contribution in [-0.2, 0) is 0 Å². The van der Waals surface area contributed by atoms with Crippen molar-refractivity contribution in [3.05, 3.63) is 64.1 Å². The van der Waals surface area contributed by atoms with Gasteiger partial charge >= 0.3 is 0 Å². The zero-order chi connectivity index (χ0) is 17.7. The van der Waals surface area contributed by atoms with Gasteiger partial charge in [0.1, 0.15) is 0 Å². The van der Waals surface area contributed by atoms with E-state index in [1.165, 1.54) is 0 Å². The van der Waals surface area contributed by atoms with E-state index in [1.807, 2.05) is 33.0 Å². The number of carbonyl (C=O) groups is 1. The fraction of sp³-hybridized carbons (Fsp3) is 0.150. The molecule has 0 spiro atoms. The highest BCUT2D eigenvalue weighted by Gasteiger charge is 2.21. The van der Waals surface area contributed by atoms with Gasteiger partial charge in [0.15, 0.2) is 5.82 Å². The fourth-order valence-electron chi connectivity index (χ4n) is 3.42.